The van der Waals surface area contributed by atoms with Crippen LogP contribution in [0.15, 0.2) is 30.0 Å². The second kappa shape index (κ2) is 9.31. The van der Waals surface area contributed by atoms with Gasteiger partial charge in [-0.25, -0.2) is 9.59 Å². The summed E-state index contributed by atoms with van der Waals surface area (Å²) < 4.78 is 13.9. The smallest absolute Gasteiger partial charge is 0.354 e. The molecule has 0 aromatic heterocycles. The van der Waals surface area contributed by atoms with Gasteiger partial charge in [-0.3, -0.25) is 4.79 Å². The lowest BCUT2D eigenvalue weighted by atomic mass is 10.1. The summed E-state index contributed by atoms with van der Waals surface area (Å²) in [4.78, 5) is 34.6. The molecule has 24 heavy (non-hydrogen) atoms. The quantitative estimate of drug-likeness (QED) is 0.570. The SMILES string of the molecule is COCC(=O)Nc1ccc(N/C(=C/C(=O)OC)C(=O)OC)cc1C. The lowest BCUT2D eigenvalue weighted by Gasteiger charge is -2.12. The van der Waals surface area contributed by atoms with E-state index in [4.69, 9.17) is 4.74 Å². The maximum Gasteiger partial charge on any atom is 0.354 e. The first-order chi connectivity index (χ1) is 11.4. The molecule has 2 N–H and O–H groups in total. The fraction of sp³-hybridized carbons (Fsp3) is 0.312. The molecule has 0 spiro atoms. The zero-order valence-corrected chi connectivity index (χ0v) is 14.0. The summed E-state index contributed by atoms with van der Waals surface area (Å²) in [5.74, 6) is -1.68. The highest BCUT2D eigenvalue weighted by Crippen LogP contribution is 2.21. The number of hydrogen-bond donors (Lipinski definition) is 2. The molecule has 0 radical (unpaired) electrons. The van der Waals surface area contributed by atoms with Crippen LogP contribution in [0.3, 0.4) is 0 Å². The molecule has 0 aliphatic heterocycles. The Labute approximate surface area is 139 Å². The molecular weight excluding hydrogens is 316 g/mol. The van der Waals surface area contributed by atoms with Crippen molar-refractivity contribution < 1.29 is 28.6 Å². The molecule has 8 heteroatoms. The zero-order valence-electron chi connectivity index (χ0n) is 14.0. The number of anilines is 2. The zero-order chi connectivity index (χ0) is 18.1. The van der Waals surface area contributed by atoms with Crippen molar-refractivity contribution >= 4 is 29.2 Å². The number of carbonyl (C=O) groups excluding carboxylic acids is 3. The maximum atomic E-state index is 11.7. The number of ether oxygens (including phenoxy) is 3. The number of aryl methyl sites for hydroxylation is 1. The van der Waals surface area contributed by atoms with Gasteiger partial charge in [0.15, 0.2) is 0 Å². The highest BCUT2D eigenvalue weighted by Gasteiger charge is 2.13. The highest BCUT2D eigenvalue weighted by atomic mass is 16.5. The first-order valence-corrected chi connectivity index (χ1v) is 6.95. The van der Waals surface area contributed by atoms with E-state index in [1.165, 1.54) is 21.3 Å². The molecule has 0 aliphatic rings. The third-order valence-electron chi connectivity index (χ3n) is 2.92. The van der Waals surface area contributed by atoms with E-state index in [1.807, 2.05) is 0 Å². The minimum absolute atomic E-state index is 0.0478. The average Bonchev–Trinajstić information content (AvgIpc) is 2.56. The van der Waals surface area contributed by atoms with Crippen LogP contribution in [0.25, 0.3) is 0 Å². The van der Waals surface area contributed by atoms with Crippen LogP contribution >= 0.6 is 0 Å². The lowest BCUT2D eigenvalue weighted by Crippen LogP contribution is -2.18. The first-order valence-electron chi connectivity index (χ1n) is 6.95. The Morgan fingerprint density at radius 2 is 1.79 bits per heavy atom. The monoisotopic (exact) mass is 336 g/mol. The van der Waals surface area contributed by atoms with Gasteiger partial charge in [0, 0.05) is 18.5 Å². The fourth-order valence-electron chi connectivity index (χ4n) is 1.79. The summed E-state index contributed by atoms with van der Waals surface area (Å²) >= 11 is 0. The van der Waals surface area contributed by atoms with Gasteiger partial charge in [0.25, 0.3) is 0 Å². The molecule has 0 heterocycles. The fourth-order valence-corrected chi connectivity index (χ4v) is 1.79. The van der Waals surface area contributed by atoms with Crippen molar-refractivity contribution in [3.63, 3.8) is 0 Å². The van der Waals surface area contributed by atoms with E-state index in [9.17, 15) is 14.4 Å². The predicted molar refractivity (Wildman–Crippen MR) is 87.4 cm³/mol. The number of benzene rings is 1. The van der Waals surface area contributed by atoms with Crippen molar-refractivity contribution in [1.29, 1.82) is 0 Å². The van der Waals surface area contributed by atoms with Crippen LogP contribution < -0.4 is 10.6 Å². The van der Waals surface area contributed by atoms with Crippen molar-refractivity contribution in [3.05, 3.63) is 35.5 Å². The predicted octanol–water partition coefficient (Wildman–Crippen LogP) is 1.22. The third kappa shape index (κ3) is 5.73. The second-order valence-corrected chi connectivity index (χ2v) is 4.71. The summed E-state index contributed by atoms with van der Waals surface area (Å²) in [6, 6.07) is 5.01. The summed E-state index contributed by atoms with van der Waals surface area (Å²) in [6.07, 6.45) is 0.995. The van der Waals surface area contributed by atoms with Crippen molar-refractivity contribution in [3.8, 4) is 0 Å². The Bertz CT molecular complexity index is 654. The Morgan fingerprint density at radius 3 is 2.33 bits per heavy atom. The molecular formula is C16H20N2O6. The normalized spacial score (nSPS) is 10.8. The standard InChI is InChI=1S/C16H20N2O6/c1-10-7-11(5-6-12(10)18-14(19)9-22-2)17-13(16(21)24-4)8-15(20)23-3/h5-8,17H,9H2,1-4H3,(H,18,19)/b13-8+. The van der Waals surface area contributed by atoms with E-state index >= 15 is 0 Å². The molecule has 0 atom stereocenters. The highest BCUT2D eigenvalue weighted by molar-refractivity contribution is 5.99. The summed E-state index contributed by atoms with van der Waals surface area (Å²) in [5.41, 5.74) is 1.84. The summed E-state index contributed by atoms with van der Waals surface area (Å²) in [7, 11) is 3.84. The molecule has 130 valence electrons. The van der Waals surface area contributed by atoms with Gasteiger partial charge >= 0.3 is 11.9 Å². The van der Waals surface area contributed by atoms with E-state index in [0.29, 0.717) is 11.4 Å². The minimum atomic E-state index is -0.712. The number of hydrogen-bond acceptors (Lipinski definition) is 7. The van der Waals surface area contributed by atoms with Crippen LogP contribution in [0.4, 0.5) is 11.4 Å². The number of amides is 1. The Hall–Kier alpha value is -2.87. The van der Waals surface area contributed by atoms with Gasteiger partial charge in [0.2, 0.25) is 5.91 Å². The molecule has 1 aromatic rings. The van der Waals surface area contributed by atoms with Gasteiger partial charge in [-0.15, -0.1) is 0 Å². The largest absolute Gasteiger partial charge is 0.466 e. The number of nitrogens with one attached hydrogen (secondary N) is 2. The first kappa shape index (κ1) is 19.2. The molecule has 0 bridgehead atoms. The van der Waals surface area contributed by atoms with Crippen LogP contribution in [0.5, 0.6) is 0 Å². The molecule has 8 nitrogen and oxygen atoms in total. The summed E-state index contributed by atoms with van der Waals surface area (Å²) in [6.45, 7) is 1.74. The van der Waals surface area contributed by atoms with E-state index in [2.05, 4.69) is 20.1 Å². The van der Waals surface area contributed by atoms with E-state index < -0.39 is 11.9 Å². The average molecular weight is 336 g/mol. The number of methoxy groups -OCH3 is 3. The van der Waals surface area contributed by atoms with Crippen LogP contribution in [0, 0.1) is 6.92 Å². The minimum Gasteiger partial charge on any atom is -0.466 e. The van der Waals surface area contributed by atoms with Crippen LogP contribution in [-0.4, -0.2) is 45.8 Å². The Balaban J connectivity index is 2.95. The molecule has 0 saturated heterocycles. The van der Waals surface area contributed by atoms with Crippen molar-refractivity contribution in [2.75, 3.05) is 38.6 Å². The van der Waals surface area contributed by atoms with E-state index in [0.717, 1.165) is 11.6 Å². The third-order valence-corrected chi connectivity index (χ3v) is 2.92. The van der Waals surface area contributed by atoms with Gasteiger partial charge < -0.3 is 24.8 Å². The molecule has 1 aromatic carbocycles. The number of carbonyl (C=O) groups is 3. The van der Waals surface area contributed by atoms with E-state index in [1.54, 1.807) is 25.1 Å². The molecule has 1 rings (SSSR count). The molecule has 0 unspecified atom stereocenters. The maximum absolute atomic E-state index is 11.7. The van der Waals surface area contributed by atoms with Crippen LogP contribution in [0.2, 0.25) is 0 Å². The van der Waals surface area contributed by atoms with Crippen LogP contribution in [0.1, 0.15) is 5.56 Å². The van der Waals surface area contributed by atoms with Crippen LogP contribution in [-0.2, 0) is 28.6 Å². The van der Waals surface area contributed by atoms with E-state index in [-0.39, 0.29) is 18.2 Å². The van der Waals surface area contributed by atoms with Crippen molar-refractivity contribution in [1.82, 2.24) is 0 Å². The van der Waals surface area contributed by atoms with Crippen molar-refractivity contribution in [2.45, 2.75) is 6.92 Å². The molecule has 1 amide bonds. The molecule has 0 aliphatic carbocycles. The van der Waals surface area contributed by atoms with Crippen molar-refractivity contribution in [2.24, 2.45) is 0 Å². The number of rotatable bonds is 7. The topological polar surface area (TPSA) is 103 Å². The lowest BCUT2D eigenvalue weighted by molar-refractivity contribution is -0.138. The van der Waals surface area contributed by atoms with Gasteiger partial charge in [0.1, 0.15) is 12.3 Å². The summed E-state index contributed by atoms with van der Waals surface area (Å²) in [5, 5.41) is 5.48. The second-order valence-electron chi connectivity index (χ2n) is 4.71. The molecule has 0 saturated carbocycles. The molecule has 0 fully saturated rings. The van der Waals surface area contributed by atoms with Gasteiger partial charge in [-0.05, 0) is 30.7 Å². The van der Waals surface area contributed by atoms with Gasteiger partial charge in [-0.1, -0.05) is 0 Å². The Morgan fingerprint density at radius 1 is 1.08 bits per heavy atom. The number of esters is 2. The Kier molecular flexibility index (Phi) is 7.44. The van der Waals surface area contributed by atoms with Gasteiger partial charge in [-0.2, -0.15) is 0 Å². The van der Waals surface area contributed by atoms with Gasteiger partial charge in [0.05, 0.1) is 20.3 Å².